The van der Waals surface area contributed by atoms with Crippen LogP contribution in [0.5, 0.6) is 11.5 Å². The molecule has 186 valence electrons. The zero-order valence-corrected chi connectivity index (χ0v) is 19.7. The lowest BCUT2D eigenvalue weighted by Gasteiger charge is -2.24. The largest absolute Gasteiger partial charge is 0.493 e. The SMILES string of the molecule is CCOC(=O)CC1OC(c2cccc(OC)c2OC)c2cc(Cl)ccc2-n2c1nnc2C(F)(F)F. The van der Waals surface area contributed by atoms with Crippen molar-refractivity contribution in [1.29, 1.82) is 0 Å². The molecule has 12 heteroatoms. The molecule has 0 fully saturated rings. The summed E-state index contributed by atoms with van der Waals surface area (Å²) in [5, 5.41) is 7.42. The number of methoxy groups -OCH3 is 2. The molecule has 3 aromatic rings. The Balaban J connectivity index is 2.00. The Labute approximate surface area is 203 Å². The molecule has 0 N–H and O–H groups in total. The van der Waals surface area contributed by atoms with Crippen molar-refractivity contribution in [2.24, 2.45) is 0 Å². The van der Waals surface area contributed by atoms with Gasteiger partial charge in [-0.2, -0.15) is 13.2 Å². The first-order valence-electron chi connectivity index (χ1n) is 10.5. The van der Waals surface area contributed by atoms with Crippen molar-refractivity contribution in [3.63, 3.8) is 0 Å². The summed E-state index contributed by atoms with van der Waals surface area (Å²) >= 11 is 6.26. The summed E-state index contributed by atoms with van der Waals surface area (Å²) in [6.07, 6.45) is -7.46. The number of esters is 1. The number of fused-ring (bicyclic) bond motifs is 3. The molecule has 35 heavy (non-hydrogen) atoms. The molecule has 0 spiro atoms. The van der Waals surface area contributed by atoms with Gasteiger partial charge < -0.3 is 18.9 Å². The molecule has 0 aliphatic carbocycles. The second kappa shape index (κ2) is 9.74. The number of rotatable bonds is 6. The molecule has 4 rings (SSSR count). The number of aromatic nitrogens is 3. The zero-order valence-electron chi connectivity index (χ0n) is 18.9. The molecular weight excluding hydrogens is 491 g/mol. The minimum Gasteiger partial charge on any atom is -0.493 e. The monoisotopic (exact) mass is 511 g/mol. The Morgan fingerprint density at radius 2 is 1.91 bits per heavy atom. The maximum Gasteiger partial charge on any atom is 0.452 e. The van der Waals surface area contributed by atoms with E-state index in [-0.39, 0.29) is 23.1 Å². The lowest BCUT2D eigenvalue weighted by atomic mass is 9.98. The second-order valence-corrected chi connectivity index (χ2v) is 7.95. The van der Waals surface area contributed by atoms with Crippen LogP contribution in [0.2, 0.25) is 5.02 Å². The third kappa shape index (κ3) is 4.65. The van der Waals surface area contributed by atoms with Gasteiger partial charge in [-0.05, 0) is 31.2 Å². The topological polar surface area (TPSA) is 84.7 Å². The summed E-state index contributed by atoms with van der Waals surface area (Å²) in [6, 6.07) is 9.43. The Morgan fingerprint density at radius 3 is 2.57 bits per heavy atom. The van der Waals surface area contributed by atoms with Crippen LogP contribution < -0.4 is 9.47 Å². The molecule has 0 radical (unpaired) electrons. The number of benzene rings is 2. The summed E-state index contributed by atoms with van der Waals surface area (Å²) in [5.41, 5.74) is 0.849. The maximum absolute atomic E-state index is 13.9. The number of ether oxygens (including phenoxy) is 4. The van der Waals surface area contributed by atoms with Crippen LogP contribution in [0, 0.1) is 0 Å². The van der Waals surface area contributed by atoms with Crippen LogP contribution in [0.1, 0.15) is 48.3 Å². The minimum atomic E-state index is -4.83. The van der Waals surface area contributed by atoms with E-state index in [1.807, 2.05) is 0 Å². The number of hydrogen-bond acceptors (Lipinski definition) is 7. The number of alkyl halides is 3. The van der Waals surface area contributed by atoms with Crippen LogP contribution in [0.25, 0.3) is 5.69 Å². The van der Waals surface area contributed by atoms with Crippen molar-refractivity contribution in [1.82, 2.24) is 14.8 Å². The van der Waals surface area contributed by atoms with Crippen molar-refractivity contribution in [3.8, 4) is 17.2 Å². The van der Waals surface area contributed by atoms with Gasteiger partial charge in [-0.1, -0.05) is 23.7 Å². The molecule has 1 aromatic heterocycles. The van der Waals surface area contributed by atoms with E-state index in [9.17, 15) is 18.0 Å². The molecule has 2 heterocycles. The van der Waals surface area contributed by atoms with E-state index in [4.69, 9.17) is 30.5 Å². The predicted octanol–water partition coefficient (Wildman–Crippen LogP) is 5.07. The van der Waals surface area contributed by atoms with E-state index in [1.165, 1.54) is 32.4 Å². The normalized spacial score (nSPS) is 17.2. The lowest BCUT2D eigenvalue weighted by Crippen LogP contribution is -2.18. The first-order valence-corrected chi connectivity index (χ1v) is 10.9. The van der Waals surface area contributed by atoms with Gasteiger partial charge in [0, 0.05) is 16.1 Å². The molecule has 1 aliphatic heterocycles. The summed E-state index contributed by atoms with van der Waals surface area (Å²) in [4.78, 5) is 12.4. The van der Waals surface area contributed by atoms with Gasteiger partial charge in [-0.25, -0.2) is 0 Å². The minimum absolute atomic E-state index is 0.0923. The third-order valence-electron chi connectivity index (χ3n) is 5.42. The first kappa shape index (κ1) is 24.8. The molecular formula is C23H21ClF3N3O5. The maximum atomic E-state index is 13.9. The molecule has 0 saturated heterocycles. The van der Waals surface area contributed by atoms with Crippen molar-refractivity contribution < 1.29 is 36.9 Å². The quantitative estimate of drug-likeness (QED) is 0.427. The molecule has 2 atom stereocenters. The zero-order chi connectivity index (χ0) is 25.3. The van der Waals surface area contributed by atoms with Gasteiger partial charge in [0.25, 0.3) is 0 Å². The number of carbonyl (C=O) groups excluding carboxylic acids is 1. The standard InChI is InChI=1S/C23H21ClF3N3O5/c1-4-34-18(31)11-17-21-28-29-22(23(25,26)27)30(21)15-9-8-12(24)10-14(15)19(35-17)13-6-5-7-16(32-2)20(13)33-3/h5-10,17,19H,4,11H2,1-3H3. The summed E-state index contributed by atoms with van der Waals surface area (Å²) in [6.45, 7) is 1.72. The summed E-state index contributed by atoms with van der Waals surface area (Å²) < 4.78 is 65.0. The second-order valence-electron chi connectivity index (χ2n) is 7.51. The fraction of sp³-hybridized carbons (Fsp3) is 0.348. The molecule has 8 nitrogen and oxygen atoms in total. The average Bonchev–Trinajstić information content (AvgIpc) is 3.22. The van der Waals surface area contributed by atoms with Crippen LogP contribution in [-0.2, 0) is 20.4 Å². The van der Waals surface area contributed by atoms with Gasteiger partial charge in [0.1, 0.15) is 12.2 Å². The molecule has 2 aromatic carbocycles. The number of nitrogens with zero attached hydrogens (tertiary/aromatic N) is 3. The van der Waals surface area contributed by atoms with Crippen LogP contribution in [0.3, 0.4) is 0 Å². The van der Waals surface area contributed by atoms with Gasteiger partial charge >= 0.3 is 12.1 Å². The fourth-order valence-electron chi connectivity index (χ4n) is 4.03. The van der Waals surface area contributed by atoms with E-state index in [1.54, 1.807) is 25.1 Å². The van der Waals surface area contributed by atoms with Gasteiger partial charge in [0.05, 0.1) is 32.9 Å². The van der Waals surface area contributed by atoms with Crippen LogP contribution in [-0.4, -0.2) is 41.6 Å². The third-order valence-corrected chi connectivity index (χ3v) is 5.65. The van der Waals surface area contributed by atoms with Crippen LogP contribution in [0.4, 0.5) is 13.2 Å². The highest BCUT2D eigenvalue weighted by atomic mass is 35.5. The number of para-hydroxylation sites is 1. The molecule has 1 aliphatic rings. The van der Waals surface area contributed by atoms with Gasteiger partial charge in [0.2, 0.25) is 5.82 Å². The molecule has 0 bridgehead atoms. The van der Waals surface area contributed by atoms with Crippen molar-refractivity contribution in [2.45, 2.75) is 31.7 Å². The van der Waals surface area contributed by atoms with Gasteiger partial charge in [-0.15, -0.1) is 10.2 Å². The van der Waals surface area contributed by atoms with E-state index < -0.39 is 36.6 Å². The highest BCUT2D eigenvalue weighted by Crippen LogP contribution is 2.47. The van der Waals surface area contributed by atoms with E-state index in [0.29, 0.717) is 22.6 Å². The Kier molecular flexibility index (Phi) is 6.91. The Hall–Kier alpha value is -3.31. The lowest BCUT2D eigenvalue weighted by molar-refractivity contribution is -0.147. The smallest absolute Gasteiger partial charge is 0.452 e. The molecule has 0 saturated carbocycles. The van der Waals surface area contributed by atoms with Crippen LogP contribution >= 0.6 is 11.6 Å². The van der Waals surface area contributed by atoms with Gasteiger partial charge in [0.15, 0.2) is 17.3 Å². The van der Waals surface area contributed by atoms with Crippen molar-refractivity contribution in [3.05, 3.63) is 64.2 Å². The number of carbonyl (C=O) groups is 1. The summed E-state index contributed by atoms with van der Waals surface area (Å²) in [5.74, 6) is -1.42. The Morgan fingerprint density at radius 1 is 1.14 bits per heavy atom. The highest BCUT2D eigenvalue weighted by molar-refractivity contribution is 6.30. The van der Waals surface area contributed by atoms with Gasteiger partial charge in [-0.3, -0.25) is 9.36 Å². The fourth-order valence-corrected chi connectivity index (χ4v) is 4.21. The van der Waals surface area contributed by atoms with E-state index in [2.05, 4.69) is 10.2 Å². The van der Waals surface area contributed by atoms with E-state index in [0.717, 1.165) is 4.57 Å². The predicted molar refractivity (Wildman–Crippen MR) is 118 cm³/mol. The molecule has 2 unspecified atom stereocenters. The van der Waals surface area contributed by atoms with E-state index >= 15 is 0 Å². The number of halogens is 4. The Bertz CT molecular complexity index is 1250. The summed E-state index contributed by atoms with van der Waals surface area (Å²) in [7, 11) is 2.89. The average molecular weight is 512 g/mol. The van der Waals surface area contributed by atoms with Crippen molar-refractivity contribution >= 4 is 17.6 Å². The number of hydrogen-bond donors (Lipinski definition) is 0. The van der Waals surface area contributed by atoms with Crippen molar-refractivity contribution in [2.75, 3.05) is 20.8 Å². The first-order chi connectivity index (χ1) is 16.7. The highest BCUT2D eigenvalue weighted by Gasteiger charge is 2.44. The molecule has 0 amide bonds. The van der Waals surface area contributed by atoms with Crippen LogP contribution in [0.15, 0.2) is 36.4 Å².